The van der Waals surface area contributed by atoms with E-state index in [1.807, 2.05) is 13.8 Å². The molecule has 3 N–H and O–H groups in total. The van der Waals surface area contributed by atoms with Gasteiger partial charge in [0, 0.05) is 17.5 Å². The fourth-order valence-electron chi connectivity index (χ4n) is 1.72. The van der Waals surface area contributed by atoms with Gasteiger partial charge in [-0.2, -0.15) is 0 Å². The molecule has 0 atom stereocenters. The van der Waals surface area contributed by atoms with Gasteiger partial charge in [0.25, 0.3) is 5.69 Å². The quantitative estimate of drug-likeness (QED) is 0.251. The van der Waals surface area contributed by atoms with Gasteiger partial charge in [-0.3, -0.25) is 15.5 Å². The van der Waals surface area contributed by atoms with Gasteiger partial charge >= 0.3 is 0 Å². The number of nitro benzene ring substituents is 1. The van der Waals surface area contributed by atoms with E-state index in [1.54, 1.807) is 0 Å². The van der Waals surface area contributed by atoms with E-state index in [9.17, 15) is 10.1 Å². The molecule has 0 radical (unpaired) electrons. The summed E-state index contributed by atoms with van der Waals surface area (Å²) in [5, 5.41) is 18.2. The van der Waals surface area contributed by atoms with Crippen LogP contribution < -0.4 is 10.5 Å². The zero-order valence-electron chi connectivity index (χ0n) is 12.2. The molecule has 21 heavy (non-hydrogen) atoms. The molecule has 7 heteroatoms. The lowest BCUT2D eigenvalue weighted by Crippen LogP contribution is -2.30. The minimum Gasteiger partial charge on any atom is -0.494 e. The second kappa shape index (κ2) is 7.26. The Balaban J connectivity index is 2.39. The Bertz CT molecular complexity index is 532. The number of hydrogen-bond donors (Lipinski definition) is 2. The van der Waals surface area contributed by atoms with Crippen LogP contribution in [0.2, 0.25) is 5.02 Å². The molecule has 0 bridgehead atoms. The van der Waals surface area contributed by atoms with Gasteiger partial charge in [-0.05, 0) is 25.3 Å². The number of nitrogens with zero attached hydrogens (tertiary/aromatic N) is 1. The Morgan fingerprint density at radius 1 is 1.48 bits per heavy atom. The van der Waals surface area contributed by atoms with Crippen molar-refractivity contribution in [3.05, 3.63) is 33.3 Å². The maximum atomic E-state index is 10.6. The van der Waals surface area contributed by atoms with Gasteiger partial charge in [0.2, 0.25) is 0 Å². The predicted octanol–water partition coefficient (Wildman–Crippen LogP) is 3.76. The van der Waals surface area contributed by atoms with Gasteiger partial charge in [-0.25, -0.2) is 0 Å². The highest BCUT2D eigenvalue weighted by molar-refractivity contribution is 6.32. The SMILES string of the molecule is CC(C)(CCCCOc1ccc([N+](=O)[O-])c(Cl)c1)C(=N)N. The van der Waals surface area contributed by atoms with Crippen molar-refractivity contribution in [2.45, 2.75) is 33.1 Å². The number of hydrogen-bond acceptors (Lipinski definition) is 4. The first-order valence-electron chi connectivity index (χ1n) is 6.65. The lowest BCUT2D eigenvalue weighted by atomic mass is 9.86. The fraction of sp³-hybridized carbons (Fsp3) is 0.500. The summed E-state index contributed by atoms with van der Waals surface area (Å²) in [6.07, 6.45) is 2.51. The number of nitro groups is 1. The average Bonchev–Trinajstić information content (AvgIpc) is 2.37. The molecule has 116 valence electrons. The molecule has 0 amide bonds. The van der Waals surface area contributed by atoms with Gasteiger partial charge in [0.1, 0.15) is 10.8 Å². The van der Waals surface area contributed by atoms with Crippen LogP contribution in [-0.2, 0) is 0 Å². The zero-order chi connectivity index (χ0) is 16.0. The van der Waals surface area contributed by atoms with E-state index in [0.717, 1.165) is 19.3 Å². The van der Waals surface area contributed by atoms with Crippen molar-refractivity contribution in [1.82, 2.24) is 0 Å². The minimum absolute atomic E-state index is 0.0650. The normalized spacial score (nSPS) is 11.2. The van der Waals surface area contributed by atoms with Gasteiger partial charge in [-0.15, -0.1) is 0 Å². The lowest BCUT2D eigenvalue weighted by molar-refractivity contribution is -0.384. The van der Waals surface area contributed by atoms with E-state index in [4.69, 9.17) is 27.5 Å². The molecule has 1 aromatic rings. The van der Waals surface area contributed by atoms with Crippen LogP contribution in [0.25, 0.3) is 0 Å². The van der Waals surface area contributed by atoms with E-state index in [0.29, 0.717) is 12.4 Å². The summed E-state index contributed by atoms with van der Waals surface area (Å²) in [5.74, 6) is 0.696. The predicted molar refractivity (Wildman–Crippen MR) is 83.1 cm³/mol. The molecule has 0 aromatic heterocycles. The van der Waals surface area contributed by atoms with E-state index in [1.165, 1.54) is 18.2 Å². The number of nitrogens with two attached hydrogens (primary N) is 1. The summed E-state index contributed by atoms with van der Waals surface area (Å²) in [6, 6.07) is 4.30. The number of halogens is 1. The van der Waals surface area contributed by atoms with Crippen LogP contribution in [0.4, 0.5) is 5.69 Å². The van der Waals surface area contributed by atoms with Crippen LogP contribution in [0.5, 0.6) is 5.75 Å². The number of amidine groups is 1. The molecule has 0 heterocycles. The zero-order valence-corrected chi connectivity index (χ0v) is 12.9. The molecule has 0 aliphatic carbocycles. The third kappa shape index (κ3) is 5.23. The summed E-state index contributed by atoms with van der Waals surface area (Å²) in [6.45, 7) is 4.36. The van der Waals surface area contributed by atoms with Crippen molar-refractivity contribution >= 4 is 23.1 Å². The molecular formula is C14H20ClN3O3. The standard InChI is InChI=1S/C14H20ClN3O3/c1-14(2,13(16)17)7-3-4-8-21-10-5-6-12(18(19)20)11(15)9-10/h5-6,9H,3-4,7-8H2,1-2H3,(H3,16,17). The largest absolute Gasteiger partial charge is 0.494 e. The molecule has 6 nitrogen and oxygen atoms in total. The van der Waals surface area contributed by atoms with Crippen LogP contribution in [0.15, 0.2) is 18.2 Å². The van der Waals surface area contributed by atoms with Crippen LogP contribution in [-0.4, -0.2) is 17.4 Å². The first kappa shape index (κ1) is 17.2. The van der Waals surface area contributed by atoms with Crippen molar-refractivity contribution in [1.29, 1.82) is 5.41 Å². The topological polar surface area (TPSA) is 102 Å². The minimum atomic E-state index is -0.532. The molecule has 0 fully saturated rings. The Hall–Kier alpha value is -1.82. The molecule has 0 aliphatic heterocycles. The highest BCUT2D eigenvalue weighted by atomic mass is 35.5. The average molecular weight is 314 g/mol. The third-order valence-electron chi connectivity index (χ3n) is 3.31. The van der Waals surface area contributed by atoms with E-state index < -0.39 is 4.92 Å². The fourth-order valence-corrected chi connectivity index (χ4v) is 1.96. The maximum Gasteiger partial charge on any atom is 0.288 e. The second-order valence-electron chi connectivity index (χ2n) is 5.47. The summed E-state index contributed by atoms with van der Waals surface area (Å²) in [4.78, 5) is 10.1. The van der Waals surface area contributed by atoms with Crippen molar-refractivity contribution in [2.24, 2.45) is 11.1 Å². The molecule has 0 spiro atoms. The van der Waals surface area contributed by atoms with Crippen molar-refractivity contribution in [3.63, 3.8) is 0 Å². The monoisotopic (exact) mass is 313 g/mol. The smallest absolute Gasteiger partial charge is 0.288 e. The summed E-state index contributed by atoms with van der Waals surface area (Å²) in [5.41, 5.74) is 5.09. The van der Waals surface area contributed by atoms with Crippen LogP contribution in [0.1, 0.15) is 33.1 Å². The second-order valence-corrected chi connectivity index (χ2v) is 5.88. The van der Waals surface area contributed by atoms with Crippen molar-refractivity contribution in [3.8, 4) is 5.75 Å². The van der Waals surface area contributed by atoms with Crippen LogP contribution in [0, 0.1) is 20.9 Å². The van der Waals surface area contributed by atoms with E-state index in [-0.39, 0.29) is 22.0 Å². The molecule has 0 saturated heterocycles. The van der Waals surface area contributed by atoms with Gasteiger partial charge in [-0.1, -0.05) is 25.4 Å². The highest BCUT2D eigenvalue weighted by Crippen LogP contribution is 2.28. The Morgan fingerprint density at radius 2 is 2.14 bits per heavy atom. The van der Waals surface area contributed by atoms with Gasteiger partial charge < -0.3 is 10.5 Å². The number of unbranched alkanes of at least 4 members (excludes halogenated alkanes) is 1. The van der Waals surface area contributed by atoms with E-state index in [2.05, 4.69) is 0 Å². The highest BCUT2D eigenvalue weighted by Gasteiger charge is 2.20. The summed E-state index contributed by atoms with van der Waals surface area (Å²) >= 11 is 5.80. The third-order valence-corrected chi connectivity index (χ3v) is 3.61. The van der Waals surface area contributed by atoms with E-state index >= 15 is 0 Å². The summed E-state index contributed by atoms with van der Waals surface area (Å²) < 4.78 is 5.50. The molecule has 0 saturated carbocycles. The Labute approximate surface area is 128 Å². The van der Waals surface area contributed by atoms with Gasteiger partial charge in [0.05, 0.1) is 17.4 Å². The molecule has 1 aromatic carbocycles. The van der Waals surface area contributed by atoms with Crippen molar-refractivity contribution < 1.29 is 9.66 Å². The molecule has 0 aliphatic rings. The van der Waals surface area contributed by atoms with Gasteiger partial charge in [0.15, 0.2) is 0 Å². The number of ether oxygens (including phenoxy) is 1. The molecule has 0 unspecified atom stereocenters. The Morgan fingerprint density at radius 3 is 2.67 bits per heavy atom. The lowest BCUT2D eigenvalue weighted by Gasteiger charge is -2.22. The van der Waals surface area contributed by atoms with Crippen LogP contribution >= 0.6 is 11.6 Å². The van der Waals surface area contributed by atoms with Crippen molar-refractivity contribution in [2.75, 3.05) is 6.61 Å². The van der Waals surface area contributed by atoms with Crippen LogP contribution in [0.3, 0.4) is 0 Å². The molecular weight excluding hydrogens is 294 g/mol. The number of nitrogens with one attached hydrogen (secondary N) is 1. The number of rotatable bonds is 8. The summed E-state index contributed by atoms with van der Waals surface area (Å²) in [7, 11) is 0. The molecule has 1 rings (SSSR count). The number of benzene rings is 1. The first-order chi connectivity index (χ1) is 9.74. The Kier molecular flexibility index (Phi) is 5.96. The maximum absolute atomic E-state index is 10.6. The first-order valence-corrected chi connectivity index (χ1v) is 7.03.